The van der Waals surface area contributed by atoms with Crippen LogP contribution >= 0.6 is 22.7 Å². The second-order valence-corrected chi connectivity index (χ2v) is 7.67. The Hall–Kier alpha value is -2.51. The van der Waals surface area contributed by atoms with E-state index in [-0.39, 0.29) is 11.7 Å². The molecule has 1 aromatic carbocycles. The van der Waals surface area contributed by atoms with Crippen molar-refractivity contribution in [2.75, 3.05) is 18.4 Å². The number of anilines is 1. The van der Waals surface area contributed by atoms with Gasteiger partial charge in [0.15, 0.2) is 5.13 Å². The zero-order chi connectivity index (χ0) is 18.4. The largest absolute Gasteiger partial charge is 0.361 e. The second-order valence-electron chi connectivity index (χ2n) is 5.69. The molecule has 2 aromatic heterocycles. The Bertz CT molecular complexity index is 888. The van der Waals surface area contributed by atoms with E-state index in [0.717, 1.165) is 16.9 Å². The molecule has 0 fully saturated rings. The molecule has 0 saturated heterocycles. The van der Waals surface area contributed by atoms with Gasteiger partial charge in [0, 0.05) is 18.7 Å². The standard InChI is InChI=1S/C19H19N3O2S2/c1-13-6-2-3-7-14(13)17(23)16-12-22-19(26-16)21-10-5-9-20-18(24)15-8-4-11-25-15/h2-4,6-8,11-12H,5,9-10H2,1H3,(H,20,24)(H,21,22). The van der Waals surface area contributed by atoms with Gasteiger partial charge in [-0.15, -0.1) is 11.3 Å². The summed E-state index contributed by atoms with van der Waals surface area (Å²) in [7, 11) is 0. The quantitative estimate of drug-likeness (QED) is 0.455. The Morgan fingerprint density at radius 3 is 2.69 bits per heavy atom. The van der Waals surface area contributed by atoms with Crippen molar-refractivity contribution in [3.8, 4) is 0 Å². The van der Waals surface area contributed by atoms with Crippen LogP contribution in [0.5, 0.6) is 0 Å². The fourth-order valence-electron chi connectivity index (χ4n) is 2.40. The number of amides is 1. The lowest BCUT2D eigenvalue weighted by Crippen LogP contribution is -2.25. The number of rotatable bonds is 8. The Morgan fingerprint density at radius 2 is 1.92 bits per heavy atom. The Morgan fingerprint density at radius 1 is 1.08 bits per heavy atom. The van der Waals surface area contributed by atoms with Gasteiger partial charge < -0.3 is 10.6 Å². The summed E-state index contributed by atoms with van der Waals surface area (Å²) in [5.74, 6) is -0.0442. The first-order valence-electron chi connectivity index (χ1n) is 8.27. The Kier molecular flexibility index (Phi) is 6.14. The van der Waals surface area contributed by atoms with E-state index in [2.05, 4.69) is 15.6 Å². The highest BCUT2D eigenvalue weighted by Gasteiger charge is 2.14. The van der Waals surface area contributed by atoms with Crippen LogP contribution in [-0.2, 0) is 0 Å². The molecule has 0 aliphatic rings. The number of thiazole rings is 1. The van der Waals surface area contributed by atoms with E-state index in [1.54, 1.807) is 12.3 Å². The molecule has 0 spiro atoms. The molecule has 1 amide bonds. The summed E-state index contributed by atoms with van der Waals surface area (Å²) >= 11 is 2.78. The first-order valence-corrected chi connectivity index (χ1v) is 9.96. The molecule has 7 heteroatoms. The summed E-state index contributed by atoms with van der Waals surface area (Å²) in [6.07, 6.45) is 2.39. The summed E-state index contributed by atoms with van der Waals surface area (Å²) in [6.45, 7) is 3.19. The number of nitrogens with zero attached hydrogens (tertiary/aromatic N) is 1. The van der Waals surface area contributed by atoms with Gasteiger partial charge in [-0.3, -0.25) is 9.59 Å². The molecule has 5 nitrogen and oxygen atoms in total. The Labute approximate surface area is 160 Å². The Balaban J connectivity index is 1.45. The van der Waals surface area contributed by atoms with E-state index < -0.39 is 0 Å². The summed E-state index contributed by atoms with van der Waals surface area (Å²) in [5.41, 5.74) is 1.67. The predicted octanol–water partition coefficient (Wildman–Crippen LogP) is 3.98. The van der Waals surface area contributed by atoms with Crippen LogP contribution in [0.2, 0.25) is 0 Å². The number of benzene rings is 1. The van der Waals surface area contributed by atoms with Crippen LogP contribution in [0.3, 0.4) is 0 Å². The van der Waals surface area contributed by atoms with E-state index in [1.165, 1.54) is 22.7 Å². The maximum atomic E-state index is 12.5. The summed E-state index contributed by atoms with van der Waals surface area (Å²) in [4.78, 5) is 30.0. The van der Waals surface area contributed by atoms with Crippen molar-refractivity contribution in [3.05, 3.63) is 68.9 Å². The van der Waals surface area contributed by atoms with Crippen molar-refractivity contribution >= 4 is 39.5 Å². The first-order chi connectivity index (χ1) is 12.6. The summed E-state index contributed by atoms with van der Waals surface area (Å²) in [6, 6.07) is 11.2. The number of hydrogen-bond donors (Lipinski definition) is 2. The maximum absolute atomic E-state index is 12.5. The average Bonchev–Trinajstić information content (AvgIpc) is 3.33. The number of ketones is 1. The smallest absolute Gasteiger partial charge is 0.261 e. The van der Waals surface area contributed by atoms with Gasteiger partial charge in [0.05, 0.1) is 16.0 Å². The number of hydrogen-bond acceptors (Lipinski definition) is 6. The molecule has 0 unspecified atom stereocenters. The van der Waals surface area contributed by atoms with Crippen LogP contribution in [0.15, 0.2) is 48.0 Å². The highest BCUT2D eigenvalue weighted by molar-refractivity contribution is 7.17. The molecular weight excluding hydrogens is 366 g/mol. The van der Waals surface area contributed by atoms with Crippen molar-refractivity contribution in [2.45, 2.75) is 13.3 Å². The number of aromatic nitrogens is 1. The van der Waals surface area contributed by atoms with Crippen molar-refractivity contribution in [1.82, 2.24) is 10.3 Å². The molecule has 0 saturated carbocycles. The third kappa shape index (κ3) is 4.56. The van der Waals surface area contributed by atoms with E-state index in [0.29, 0.717) is 28.7 Å². The minimum atomic E-state index is -0.0413. The van der Waals surface area contributed by atoms with Crippen molar-refractivity contribution in [2.24, 2.45) is 0 Å². The van der Waals surface area contributed by atoms with Gasteiger partial charge in [0.25, 0.3) is 5.91 Å². The van der Waals surface area contributed by atoms with Crippen molar-refractivity contribution < 1.29 is 9.59 Å². The molecule has 26 heavy (non-hydrogen) atoms. The van der Waals surface area contributed by atoms with Gasteiger partial charge in [-0.1, -0.05) is 41.7 Å². The van der Waals surface area contributed by atoms with E-state index >= 15 is 0 Å². The highest BCUT2D eigenvalue weighted by Crippen LogP contribution is 2.22. The SMILES string of the molecule is Cc1ccccc1C(=O)c1cnc(NCCCNC(=O)c2cccs2)s1. The molecule has 3 aromatic rings. The molecular formula is C19H19N3O2S2. The van der Waals surface area contributed by atoms with Crippen LogP contribution < -0.4 is 10.6 Å². The van der Waals surface area contributed by atoms with Gasteiger partial charge in [0.2, 0.25) is 5.78 Å². The maximum Gasteiger partial charge on any atom is 0.261 e. The molecule has 0 radical (unpaired) electrons. The van der Waals surface area contributed by atoms with Gasteiger partial charge in [0.1, 0.15) is 0 Å². The molecule has 0 bridgehead atoms. The topological polar surface area (TPSA) is 71.1 Å². The molecule has 0 aliphatic carbocycles. The number of aryl methyl sites for hydroxylation is 1. The number of nitrogens with one attached hydrogen (secondary N) is 2. The van der Waals surface area contributed by atoms with Crippen molar-refractivity contribution in [1.29, 1.82) is 0 Å². The van der Waals surface area contributed by atoms with Gasteiger partial charge in [-0.2, -0.15) is 0 Å². The van der Waals surface area contributed by atoms with Gasteiger partial charge in [-0.25, -0.2) is 4.98 Å². The van der Waals surface area contributed by atoms with Gasteiger partial charge >= 0.3 is 0 Å². The molecule has 0 atom stereocenters. The highest BCUT2D eigenvalue weighted by atomic mass is 32.1. The monoisotopic (exact) mass is 385 g/mol. The van der Waals surface area contributed by atoms with Gasteiger partial charge in [-0.05, 0) is 30.4 Å². The third-order valence-corrected chi connectivity index (χ3v) is 5.60. The summed E-state index contributed by atoms with van der Waals surface area (Å²) < 4.78 is 0. The first kappa shape index (κ1) is 18.3. The fourth-order valence-corrected chi connectivity index (χ4v) is 3.84. The molecule has 3 rings (SSSR count). The predicted molar refractivity (Wildman–Crippen MR) is 106 cm³/mol. The van der Waals surface area contributed by atoms with E-state index in [4.69, 9.17) is 0 Å². The number of carbonyl (C=O) groups excluding carboxylic acids is 2. The van der Waals surface area contributed by atoms with E-state index in [9.17, 15) is 9.59 Å². The lowest BCUT2D eigenvalue weighted by Gasteiger charge is -2.04. The average molecular weight is 386 g/mol. The van der Waals surface area contributed by atoms with Crippen LogP contribution in [-0.4, -0.2) is 29.8 Å². The minimum Gasteiger partial charge on any atom is -0.361 e. The molecule has 2 heterocycles. The van der Waals surface area contributed by atoms with Crippen LogP contribution in [0.4, 0.5) is 5.13 Å². The lowest BCUT2D eigenvalue weighted by molar-refractivity contribution is 0.0957. The second kappa shape index (κ2) is 8.73. The minimum absolute atomic E-state index is 0.00291. The van der Waals surface area contributed by atoms with E-state index in [1.807, 2.05) is 42.6 Å². The molecule has 0 aliphatic heterocycles. The zero-order valence-electron chi connectivity index (χ0n) is 14.3. The zero-order valence-corrected chi connectivity index (χ0v) is 16.0. The number of carbonyl (C=O) groups is 2. The third-order valence-electron chi connectivity index (χ3n) is 3.78. The normalized spacial score (nSPS) is 10.5. The van der Waals surface area contributed by atoms with Crippen LogP contribution in [0.25, 0.3) is 0 Å². The van der Waals surface area contributed by atoms with Crippen molar-refractivity contribution in [3.63, 3.8) is 0 Å². The summed E-state index contributed by atoms with van der Waals surface area (Å²) in [5, 5.41) is 8.68. The molecule has 134 valence electrons. The molecule has 2 N–H and O–H groups in total. The fraction of sp³-hybridized carbons (Fsp3) is 0.211. The van der Waals surface area contributed by atoms with Crippen LogP contribution in [0.1, 0.15) is 36.9 Å². The number of thiophene rings is 1. The lowest BCUT2D eigenvalue weighted by atomic mass is 10.0. The van der Waals surface area contributed by atoms with Crippen LogP contribution in [0, 0.1) is 6.92 Å².